The molecule has 1 aliphatic rings. The highest BCUT2D eigenvalue weighted by molar-refractivity contribution is 14.0. The second-order valence-electron chi connectivity index (χ2n) is 6.35. The molecule has 1 amide bonds. The van der Waals surface area contributed by atoms with Crippen LogP contribution in [0.5, 0.6) is 0 Å². The van der Waals surface area contributed by atoms with E-state index in [-0.39, 0.29) is 35.9 Å². The number of hydrogen-bond donors (Lipinski definition) is 3. The van der Waals surface area contributed by atoms with Crippen molar-refractivity contribution in [2.24, 2.45) is 4.99 Å². The fourth-order valence-corrected chi connectivity index (χ4v) is 2.95. The summed E-state index contributed by atoms with van der Waals surface area (Å²) in [6.45, 7) is 2.63. The average molecular weight is 495 g/mol. The molecule has 1 aromatic carbocycles. The van der Waals surface area contributed by atoms with Crippen molar-refractivity contribution in [2.75, 3.05) is 40.3 Å². The molecule has 9 heteroatoms. The molecular weight excluding hydrogens is 467 g/mol. The third-order valence-electron chi connectivity index (χ3n) is 4.50. The molecule has 1 saturated heterocycles. The lowest BCUT2D eigenvalue weighted by Crippen LogP contribution is -2.50. The van der Waals surface area contributed by atoms with Crippen LogP contribution in [0.15, 0.2) is 23.2 Å². The summed E-state index contributed by atoms with van der Waals surface area (Å²) >= 11 is 0. The molecule has 0 bridgehead atoms. The van der Waals surface area contributed by atoms with E-state index in [1.54, 1.807) is 14.1 Å². The van der Waals surface area contributed by atoms with Gasteiger partial charge in [0.15, 0.2) is 5.96 Å². The standard InChI is InChI=1S/C18H27F2N5O.HI/c1-21-17(26)12-25-9-6-15(7-10-25)24-18(22-2)23-8-5-13-3-4-14(19)11-16(13)20;/h3-4,11,15H,5-10,12H2,1-2H3,(H,21,26)(H2,22,23,24);1H. The van der Waals surface area contributed by atoms with Crippen LogP contribution in [-0.2, 0) is 11.2 Å². The quantitative estimate of drug-likeness (QED) is 0.318. The SMILES string of the molecule is CN=C(NCCc1ccc(F)cc1F)NC1CCN(CC(=O)NC)CC1.I. The third-order valence-corrected chi connectivity index (χ3v) is 4.50. The summed E-state index contributed by atoms with van der Waals surface area (Å²) in [6.07, 6.45) is 2.28. The maximum Gasteiger partial charge on any atom is 0.233 e. The highest BCUT2D eigenvalue weighted by Crippen LogP contribution is 2.11. The van der Waals surface area contributed by atoms with E-state index in [0.29, 0.717) is 31.0 Å². The predicted octanol–water partition coefficient (Wildman–Crippen LogP) is 1.50. The minimum absolute atomic E-state index is 0. The van der Waals surface area contributed by atoms with E-state index in [2.05, 4.69) is 25.8 Å². The molecule has 0 atom stereocenters. The molecule has 0 spiro atoms. The second kappa shape index (κ2) is 12.1. The van der Waals surface area contributed by atoms with E-state index in [1.807, 2.05) is 0 Å². The second-order valence-corrected chi connectivity index (χ2v) is 6.35. The molecule has 1 fully saturated rings. The summed E-state index contributed by atoms with van der Waals surface area (Å²) in [4.78, 5) is 17.7. The Morgan fingerprint density at radius 1 is 1.30 bits per heavy atom. The first-order valence-corrected chi connectivity index (χ1v) is 8.86. The van der Waals surface area contributed by atoms with Crippen molar-refractivity contribution in [3.63, 3.8) is 0 Å². The number of hydrogen-bond acceptors (Lipinski definition) is 3. The van der Waals surface area contributed by atoms with E-state index in [1.165, 1.54) is 12.1 Å². The number of halogens is 3. The highest BCUT2D eigenvalue weighted by atomic mass is 127. The summed E-state index contributed by atoms with van der Waals surface area (Å²) in [5.74, 6) is -0.406. The van der Waals surface area contributed by atoms with E-state index in [9.17, 15) is 13.6 Å². The van der Waals surface area contributed by atoms with Crippen molar-refractivity contribution in [2.45, 2.75) is 25.3 Å². The molecule has 1 aromatic rings. The lowest BCUT2D eigenvalue weighted by molar-refractivity contribution is -0.122. The van der Waals surface area contributed by atoms with Gasteiger partial charge in [-0.3, -0.25) is 14.7 Å². The van der Waals surface area contributed by atoms with Crippen molar-refractivity contribution in [1.82, 2.24) is 20.9 Å². The van der Waals surface area contributed by atoms with Crippen LogP contribution in [0.1, 0.15) is 18.4 Å². The van der Waals surface area contributed by atoms with Gasteiger partial charge in [0.25, 0.3) is 0 Å². The zero-order chi connectivity index (χ0) is 18.9. The fourth-order valence-electron chi connectivity index (χ4n) is 2.95. The van der Waals surface area contributed by atoms with Crippen molar-refractivity contribution >= 4 is 35.8 Å². The Morgan fingerprint density at radius 2 is 2.00 bits per heavy atom. The van der Waals surface area contributed by atoms with Crippen LogP contribution >= 0.6 is 24.0 Å². The van der Waals surface area contributed by atoms with Gasteiger partial charge in [0.2, 0.25) is 5.91 Å². The van der Waals surface area contributed by atoms with Crippen molar-refractivity contribution in [3.8, 4) is 0 Å². The van der Waals surface area contributed by atoms with Gasteiger partial charge in [-0.05, 0) is 30.9 Å². The molecule has 0 radical (unpaired) electrons. The number of carbonyl (C=O) groups is 1. The molecule has 1 heterocycles. The Balaban J connectivity index is 0.00000364. The smallest absolute Gasteiger partial charge is 0.233 e. The summed E-state index contributed by atoms with van der Waals surface area (Å²) in [6, 6.07) is 3.90. The third kappa shape index (κ3) is 7.96. The van der Waals surface area contributed by atoms with Gasteiger partial charge in [0, 0.05) is 45.8 Å². The Labute approximate surface area is 176 Å². The van der Waals surface area contributed by atoms with Gasteiger partial charge in [0.1, 0.15) is 11.6 Å². The Bertz CT molecular complexity index is 636. The maximum atomic E-state index is 13.6. The van der Waals surface area contributed by atoms with Crippen LogP contribution in [0.4, 0.5) is 8.78 Å². The van der Waals surface area contributed by atoms with Gasteiger partial charge in [-0.25, -0.2) is 8.78 Å². The van der Waals surface area contributed by atoms with Crippen LogP contribution in [0.25, 0.3) is 0 Å². The van der Waals surface area contributed by atoms with Gasteiger partial charge in [-0.2, -0.15) is 0 Å². The minimum Gasteiger partial charge on any atom is -0.358 e. The Morgan fingerprint density at radius 3 is 2.59 bits per heavy atom. The Kier molecular flexibility index (Phi) is 10.5. The Hall–Kier alpha value is -1.49. The molecule has 152 valence electrons. The molecule has 3 N–H and O–H groups in total. The number of benzene rings is 1. The number of likely N-dealkylation sites (tertiary alicyclic amines) is 1. The number of piperidine rings is 1. The number of amides is 1. The number of likely N-dealkylation sites (N-methyl/N-ethyl adjacent to an activating group) is 1. The van der Waals surface area contributed by atoms with Crippen LogP contribution in [0.3, 0.4) is 0 Å². The van der Waals surface area contributed by atoms with E-state index in [4.69, 9.17) is 0 Å². The number of rotatable bonds is 6. The molecule has 0 saturated carbocycles. The van der Waals surface area contributed by atoms with Crippen LogP contribution in [-0.4, -0.2) is 63.1 Å². The van der Waals surface area contributed by atoms with Gasteiger partial charge in [-0.1, -0.05) is 6.07 Å². The zero-order valence-corrected chi connectivity index (χ0v) is 18.1. The highest BCUT2D eigenvalue weighted by Gasteiger charge is 2.21. The van der Waals surface area contributed by atoms with E-state index in [0.717, 1.165) is 32.0 Å². The van der Waals surface area contributed by atoms with E-state index < -0.39 is 11.6 Å². The molecule has 0 unspecified atom stereocenters. The van der Waals surface area contributed by atoms with Crippen LogP contribution in [0.2, 0.25) is 0 Å². The largest absolute Gasteiger partial charge is 0.358 e. The average Bonchev–Trinajstić information content (AvgIpc) is 2.64. The molecule has 2 rings (SSSR count). The first kappa shape index (κ1) is 23.5. The van der Waals surface area contributed by atoms with Crippen LogP contribution < -0.4 is 16.0 Å². The number of guanidine groups is 1. The number of carbonyl (C=O) groups excluding carboxylic acids is 1. The molecule has 27 heavy (non-hydrogen) atoms. The van der Waals surface area contributed by atoms with Crippen molar-refractivity contribution in [3.05, 3.63) is 35.4 Å². The predicted molar refractivity (Wildman–Crippen MR) is 114 cm³/mol. The number of nitrogens with one attached hydrogen (secondary N) is 3. The van der Waals surface area contributed by atoms with Crippen LogP contribution in [0, 0.1) is 11.6 Å². The topological polar surface area (TPSA) is 68.8 Å². The van der Waals surface area contributed by atoms with Crippen molar-refractivity contribution < 1.29 is 13.6 Å². The first-order chi connectivity index (χ1) is 12.5. The fraction of sp³-hybridized carbons (Fsp3) is 0.556. The monoisotopic (exact) mass is 495 g/mol. The van der Waals surface area contributed by atoms with Crippen molar-refractivity contribution in [1.29, 1.82) is 0 Å². The molecular formula is C18H28F2IN5O. The first-order valence-electron chi connectivity index (χ1n) is 8.86. The lowest BCUT2D eigenvalue weighted by Gasteiger charge is -2.32. The van der Waals surface area contributed by atoms with E-state index >= 15 is 0 Å². The van der Waals surface area contributed by atoms with Gasteiger partial charge >= 0.3 is 0 Å². The zero-order valence-electron chi connectivity index (χ0n) is 15.7. The summed E-state index contributed by atoms with van der Waals surface area (Å²) in [5, 5.41) is 9.16. The minimum atomic E-state index is -0.570. The summed E-state index contributed by atoms with van der Waals surface area (Å²) in [5.41, 5.74) is 0.469. The maximum absolute atomic E-state index is 13.6. The van der Waals surface area contributed by atoms with Gasteiger partial charge in [-0.15, -0.1) is 24.0 Å². The lowest BCUT2D eigenvalue weighted by atomic mass is 10.1. The molecule has 0 aromatic heterocycles. The number of aliphatic imine (C=N–C) groups is 1. The summed E-state index contributed by atoms with van der Waals surface area (Å²) in [7, 11) is 3.33. The summed E-state index contributed by atoms with van der Waals surface area (Å²) < 4.78 is 26.6. The molecule has 0 aliphatic carbocycles. The normalized spacial score (nSPS) is 15.8. The van der Waals surface area contributed by atoms with Gasteiger partial charge in [0.05, 0.1) is 6.54 Å². The molecule has 1 aliphatic heterocycles. The number of nitrogens with zero attached hydrogens (tertiary/aromatic N) is 2. The molecule has 6 nitrogen and oxygen atoms in total. The van der Waals surface area contributed by atoms with Gasteiger partial charge < -0.3 is 16.0 Å².